The minimum Gasteiger partial charge on any atom is -0.273 e. The number of amides is 1. The molecular weight excluding hydrogens is 340 g/mol. The van der Waals surface area contributed by atoms with E-state index in [1.807, 2.05) is 90.3 Å². The molecule has 1 amide bonds. The average Bonchev–Trinajstić information content (AvgIpc) is 3.19. The molecule has 4 heteroatoms. The Morgan fingerprint density at radius 3 is 2.31 bits per heavy atom. The molecule has 0 fully saturated rings. The van der Waals surface area contributed by atoms with Gasteiger partial charge >= 0.3 is 0 Å². The summed E-state index contributed by atoms with van der Waals surface area (Å²) >= 11 is 1.59. The van der Waals surface area contributed by atoms with Gasteiger partial charge in [0.1, 0.15) is 0 Å². The van der Waals surface area contributed by atoms with Crippen molar-refractivity contribution in [1.82, 2.24) is 5.01 Å². The third-order valence-electron chi connectivity index (χ3n) is 3.85. The predicted molar refractivity (Wildman–Crippen MR) is 109 cm³/mol. The van der Waals surface area contributed by atoms with Gasteiger partial charge in [-0.3, -0.25) is 4.79 Å². The number of carbonyl (C=O) groups excluding carboxylic acids is 1. The van der Waals surface area contributed by atoms with Gasteiger partial charge in [0.15, 0.2) is 0 Å². The number of hydrogen-bond acceptors (Lipinski definition) is 3. The quantitative estimate of drug-likeness (QED) is 0.429. The molecule has 3 nitrogen and oxygen atoms in total. The summed E-state index contributed by atoms with van der Waals surface area (Å²) in [6.07, 6.45) is 5.77. The number of thiophene rings is 1. The van der Waals surface area contributed by atoms with Crippen LogP contribution in [0.15, 0.2) is 89.4 Å². The lowest BCUT2D eigenvalue weighted by atomic mass is 10.0. The van der Waals surface area contributed by atoms with Crippen molar-refractivity contribution in [3.8, 4) is 0 Å². The summed E-state index contributed by atoms with van der Waals surface area (Å²) in [6.45, 7) is 1.54. The van der Waals surface area contributed by atoms with Crippen molar-refractivity contribution >= 4 is 29.5 Å². The normalized spacial score (nSPS) is 12.5. The highest BCUT2D eigenvalue weighted by atomic mass is 32.1. The topological polar surface area (TPSA) is 32.7 Å². The molecule has 0 aliphatic rings. The largest absolute Gasteiger partial charge is 0.273 e. The van der Waals surface area contributed by atoms with Gasteiger partial charge in [-0.1, -0.05) is 78.9 Å². The lowest BCUT2D eigenvalue weighted by Crippen LogP contribution is -2.27. The van der Waals surface area contributed by atoms with Crippen LogP contribution in [0.4, 0.5) is 0 Å². The maximum absolute atomic E-state index is 12.3. The van der Waals surface area contributed by atoms with Crippen LogP contribution >= 0.6 is 11.3 Å². The molecule has 0 saturated carbocycles. The summed E-state index contributed by atoms with van der Waals surface area (Å²) in [4.78, 5) is 13.3. The van der Waals surface area contributed by atoms with Gasteiger partial charge in [-0.25, -0.2) is 5.01 Å². The van der Waals surface area contributed by atoms with Gasteiger partial charge in [-0.05, 0) is 22.6 Å². The van der Waals surface area contributed by atoms with E-state index < -0.39 is 0 Å². The monoisotopic (exact) mass is 360 g/mol. The molecule has 0 bridgehead atoms. The van der Waals surface area contributed by atoms with Gasteiger partial charge in [0.25, 0.3) is 0 Å². The highest BCUT2D eigenvalue weighted by Gasteiger charge is 2.19. The van der Waals surface area contributed by atoms with E-state index in [-0.39, 0.29) is 11.9 Å². The zero-order chi connectivity index (χ0) is 18.2. The summed E-state index contributed by atoms with van der Waals surface area (Å²) in [5.74, 6) is -0.107. The first-order chi connectivity index (χ1) is 12.7. The SMILES string of the molecule is CC(=O)N(/N=C/c1cccs1)[C@@H](/C=C/c1ccccc1)c1ccccc1. The molecule has 130 valence electrons. The van der Waals surface area contributed by atoms with E-state index in [0.29, 0.717) is 0 Å². The summed E-state index contributed by atoms with van der Waals surface area (Å²) in [7, 11) is 0. The van der Waals surface area contributed by atoms with Crippen molar-refractivity contribution in [2.45, 2.75) is 13.0 Å². The molecule has 0 aliphatic heterocycles. The van der Waals surface area contributed by atoms with Crippen LogP contribution in [0.2, 0.25) is 0 Å². The Balaban J connectivity index is 1.94. The van der Waals surface area contributed by atoms with Gasteiger partial charge in [-0.2, -0.15) is 5.10 Å². The fraction of sp³-hybridized carbons (Fsp3) is 0.0909. The number of carbonyl (C=O) groups is 1. The molecule has 0 spiro atoms. The Kier molecular flexibility index (Phi) is 6.12. The number of rotatable bonds is 6. The van der Waals surface area contributed by atoms with E-state index in [1.54, 1.807) is 17.6 Å². The molecule has 1 atom stereocenters. The number of hydrogen-bond donors (Lipinski definition) is 0. The Hall–Kier alpha value is -2.98. The van der Waals surface area contributed by atoms with E-state index in [1.165, 1.54) is 11.9 Å². The molecule has 26 heavy (non-hydrogen) atoms. The summed E-state index contributed by atoms with van der Waals surface area (Å²) < 4.78 is 0. The smallest absolute Gasteiger partial charge is 0.240 e. The lowest BCUT2D eigenvalue weighted by Gasteiger charge is -2.24. The van der Waals surface area contributed by atoms with Crippen LogP contribution in [0.3, 0.4) is 0 Å². The predicted octanol–water partition coefficient (Wildman–Crippen LogP) is 5.39. The molecule has 0 saturated heterocycles. The molecule has 1 aromatic heterocycles. The standard InChI is InChI=1S/C22H20N2OS/c1-18(25)24(23-17-21-13-8-16-26-21)22(20-11-6-3-7-12-20)15-14-19-9-4-2-5-10-19/h2-17,22H,1H3/b15-14+,23-17+/t22-/m0/s1. The van der Waals surface area contributed by atoms with E-state index in [0.717, 1.165) is 16.0 Å². The zero-order valence-corrected chi connectivity index (χ0v) is 15.3. The Morgan fingerprint density at radius 2 is 1.69 bits per heavy atom. The van der Waals surface area contributed by atoms with Crippen molar-refractivity contribution in [1.29, 1.82) is 0 Å². The van der Waals surface area contributed by atoms with Crippen LogP contribution in [0.1, 0.15) is 29.0 Å². The second-order valence-corrected chi connectivity index (χ2v) is 6.73. The van der Waals surface area contributed by atoms with Crippen LogP contribution in [-0.2, 0) is 4.79 Å². The van der Waals surface area contributed by atoms with E-state index in [9.17, 15) is 4.79 Å². The Morgan fingerprint density at radius 1 is 1.00 bits per heavy atom. The first-order valence-corrected chi connectivity index (χ1v) is 9.27. The van der Waals surface area contributed by atoms with Gasteiger partial charge < -0.3 is 0 Å². The lowest BCUT2D eigenvalue weighted by molar-refractivity contribution is -0.130. The molecule has 3 rings (SSSR count). The van der Waals surface area contributed by atoms with Gasteiger partial charge in [0, 0.05) is 11.8 Å². The third-order valence-corrected chi connectivity index (χ3v) is 4.66. The Bertz CT molecular complexity index is 871. The number of hydrazone groups is 1. The van der Waals surface area contributed by atoms with Crippen molar-refractivity contribution in [2.24, 2.45) is 5.10 Å². The van der Waals surface area contributed by atoms with Crippen LogP contribution < -0.4 is 0 Å². The third kappa shape index (κ3) is 4.77. The maximum Gasteiger partial charge on any atom is 0.240 e. The Labute approximate surface area is 157 Å². The van der Waals surface area contributed by atoms with Crippen LogP contribution in [0.5, 0.6) is 0 Å². The van der Waals surface area contributed by atoms with Crippen molar-refractivity contribution in [3.05, 3.63) is 100 Å². The second-order valence-electron chi connectivity index (χ2n) is 5.75. The minimum atomic E-state index is -0.273. The van der Waals surface area contributed by atoms with Crippen molar-refractivity contribution in [2.75, 3.05) is 0 Å². The fourth-order valence-corrected chi connectivity index (χ4v) is 3.16. The van der Waals surface area contributed by atoms with Crippen molar-refractivity contribution in [3.63, 3.8) is 0 Å². The van der Waals surface area contributed by atoms with Gasteiger partial charge in [0.2, 0.25) is 5.91 Å². The molecule has 1 heterocycles. The number of nitrogens with zero attached hydrogens (tertiary/aromatic N) is 2. The molecule has 0 unspecified atom stereocenters. The maximum atomic E-state index is 12.3. The summed E-state index contributed by atoms with van der Waals surface area (Å²) in [5, 5.41) is 7.98. The highest BCUT2D eigenvalue weighted by molar-refractivity contribution is 7.11. The van der Waals surface area contributed by atoms with Gasteiger partial charge in [-0.15, -0.1) is 11.3 Å². The van der Waals surface area contributed by atoms with E-state index in [2.05, 4.69) is 5.10 Å². The highest BCUT2D eigenvalue weighted by Crippen LogP contribution is 2.24. The zero-order valence-electron chi connectivity index (χ0n) is 14.5. The van der Waals surface area contributed by atoms with Crippen LogP contribution in [-0.4, -0.2) is 17.1 Å². The molecule has 0 N–H and O–H groups in total. The molecule has 3 aromatic rings. The van der Waals surface area contributed by atoms with Gasteiger partial charge in [0.05, 0.1) is 12.3 Å². The number of benzene rings is 2. The second kappa shape index (κ2) is 8.92. The van der Waals surface area contributed by atoms with E-state index >= 15 is 0 Å². The summed E-state index contributed by atoms with van der Waals surface area (Å²) in [6, 6.07) is 23.6. The summed E-state index contributed by atoms with van der Waals surface area (Å²) in [5.41, 5.74) is 2.09. The average molecular weight is 360 g/mol. The molecule has 0 radical (unpaired) electrons. The van der Waals surface area contributed by atoms with Crippen LogP contribution in [0, 0.1) is 0 Å². The molecular formula is C22H20N2OS. The first kappa shape index (κ1) is 17.8. The molecule has 0 aliphatic carbocycles. The van der Waals surface area contributed by atoms with Crippen LogP contribution in [0.25, 0.3) is 6.08 Å². The van der Waals surface area contributed by atoms with E-state index in [4.69, 9.17) is 0 Å². The molecule has 2 aromatic carbocycles. The van der Waals surface area contributed by atoms with Crippen molar-refractivity contribution < 1.29 is 4.79 Å². The fourth-order valence-electron chi connectivity index (χ4n) is 2.58. The first-order valence-electron chi connectivity index (χ1n) is 8.39. The minimum absolute atomic E-state index is 0.107.